The van der Waals surface area contributed by atoms with Crippen LogP contribution < -0.4 is 5.32 Å². The quantitative estimate of drug-likeness (QED) is 0.893. The van der Waals surface area contributed by atoms with Crippen LogP contribution in [0.2, 0.25) is 0 Å². The number of hydrogen-bond donors (Lipinski definition) is 2. The first-order valence-electron chi connectivity index (χ1n) is 6.47. The highest BCUT2D eigenvalue weighted by molar-refractivity contribution is 9.10. The molecule has 0 bridgehead atoms. The van der Waals surface area contributed by atoms with Crippen molar-refractivity contribution < 1.29 is 4.79 Å². The highest BCUT2D eigenvalue weighted by Crippen LogP contribution is 2.25. The van der Waals surface area contributed by atoms with Crippen molar-refractivity contribution in [2.45, 2.75) is 38.6 Å². The molecule has 2 N–H and O–H groups in total. The number of hydrogen-bond acceptors (Lipinski definition) is 3. The average molecular weight is 323 g/mol. The van der Waals surface area contributed by atoms with E-state index in [0.29, 0.717) is 17.3 Å². The van der Waals surface area contributed by atoms with Gasteiger partial charge in [-0.3, -0.25) is 4.79 Å². The number of nitrogens with one attached hydrogen (secondary N) is 2. The van der Waals surface area contributed by atoms with Crippen LogP contribution >= 0.6 is 15.9 Å². The third kappa shape index (κ3) is 2.36. The van der Waals surface area contributed by atoms with Gasteiger partial charge in [0.2, 0.25) is 0 Å². The Labute approximate surface area is 119 Å². The van der Waals surface area contributed by atoms with Gasteiger partial charge in [-0.05, 0) is 35.7 Å². The molecule has 1 aliphatic rings. The van der Waals surface area contributed by atoms with Crippen LogP contribution in [0.5, 0.6) is 0 Å². The fraction of sp³-hybridized carbons (Fsp3) is 0.462. The Bertz CT molecular complexity index is 631. The summed E-state index contributed by atoms with van der Waals surface area (Å²) >= 11 is 3.47. The fourth-order valence-electron chi connectivity index (χ4n) is 2.53. The Morgan fingerprint density at radius 2 is 2.21 bits per heavy atom. The van der Waals surface area contributed by atoms with Crippen LogP contribution in [0.15, 0.2) is 10.7 Å². The van der Waals surface area contributed by atoms with Crippen molar-refractivity contribution in [3.8, 4) is 0 Å². The molecule has 100 valence electrons. The first-order chi connectivity index (χ1) is 9.15. The van der Waals surface area contributed by atoms with Gasteiger partial charge in [0.05, 0.1) is 10.0 Å². The van der Waals surface area contributed by atoms with E-state index in [4.69, 9.17) is 0 Å². The van der Waals surface area contributed by atoms with Gasteiger partial charge in [-0.15, -0.1) is 0 Å². The molecule has 6 heteroatoms. The van der Waals surface area contributed by atoms with Gasteiger partial charge in [-0.25, -0.2) is 9.97 Å². The minimum Gasteiger partial charge on any atom is -0.349 e. The van der Waals surface area contributed by atoms with Gasteiger partial charge in [0.15, 0.2) is 5.65 Å². The first kappa shape index (κ1) is 12.6. The van der Waals surface area contributed by atoms with E-state index in [9.17, 15) is 4.79 Å². The zero-order valence-electron chi connectivity index (χ0n) is 10.7. The molecule has 0 spiro atoms. The second-order valence-electron chi connectivity index (χ2n) is 4.96. The van der Waals surface area contributed by atoms with E-state index in [1.54, 1.807) is 6.20 Å². The summed E-state index contributed by atoms with van der Waals surface area (Å²) in [4.78, 5) is 23.8. The Morgan fingerprint density at radius 1 is 1.47 bits per heavy atom. The van der Waals surface area contributed by atoms with Crippen LogP contribution in [-0.2, 0) is 0 Å². The molecule has 1 fully saturated rings. The van der Waals surface area contributed by atoms with E-state index < -0.39 is 0 Å². The molecule has 2 heterocycles. The number of H-pyrrole nitrogens is 1. The molecule has 1 saturated carbocycles. The van der Waals surface area contributed by atoms with Crippen LogP contribution in [-0.4, -0.2) is 26.9 Å². The molecule has 1 aliphatic carbocycles. The maximum Gasteiger partial charge on any atom is 0.254 e. The van der Waals surface area contributed by atoms with E-state index in [0.717, 1.165) is 28.7 Å². The number of rotatable bonds is 2. The number of aromatic amines is 1. The standard InChI is InChI=1S/C13H15BrN4O/c1-7-16-11-10(14)9(6-15-12(11)17-7)13(19)18-8-4-2-3-5-8/h6,8H,2-5H2,1H3,(H,18,19)(H,15,16,17). The second-order valence-corrected chi connectivity index (χ2v) is 5.75. The summed E-state index contributed by atoms with van der Waals surface area (Å²) in [6.45, 7) is 1.87. The molecule has 0 atom stereocenters. The third-order valence-electron chi connectivity index (χ3n) is 3.51. The van der Waals surface area contributed by atoms with Crippen LogP contribution in [0.1, 0.15) is 41.9 Å². The van der Waals surface area contributed by atoms with Gasteiger partial charge in [-0.1, -0.05) is 12.8 Å². The van der Waals surface area contributed by atoms with Crippen molar-refractivity contribution in [3.05, 3.63) is 22.1 Å². The maximum atomic E-state index is 12.3. The SMILES string of the molecule is Cc1nc2ncc(C(=O)NC3CCCC3)c(Br)c2[nH]1. The van der Waals surface area contributed by atoms with Gasteiger partial charge in [0, 0.05) is 12.2 Å². The molecular formula is C13H15BrN4O. The largest absolute Gasteiger partial charge is 0.349 e. The number of aromatic nitrogens is 3. The number of halogens is 1. The lowest BCUT2D eigenvalue weighted by molar-refractivity contribution is 0.0937. The molecule has 0 aliphatic heterocycles. The number of nitrogens with zero attached hydrogens (tertiary/aromatic N) is 2. The second kappa shape index (κ2) is 4.92. The highest BCUT2D eigenvalue weighted by Gasteiger charge is 2.21. The maximum absolute atomic E-state index is 12.3. The molecule has 2 aromatic rings. The number of amides is 1. The topological polar surface area (TPSA) is 70.7 Å². The Balaban J connectivity index is 1.91. The fourth-order valence-corrected chi connectivity index (χ4v) is 3.09. The van der Waals surface area contributed by atoms with Crippen molar-refractivity contribution in [1.29, 1.82) is 0 Å². The number of aryl methyl sites for hydroxylation is 1. The smallest absolute Gasteiger partial charge is 0.254 e. The molecule has 3 rings (SSSR count). The number of pyridine rings is 1. The average Bonchev–Trinajstić information content (AvgIpc) is 2.98. The molecule has 19 heavy (non-hydrogen) atoms. The van der Waals surface area contributed by atoms with Gasteiger partial charge in [-0.2, -0.15) is 0 Å². The third-order valence-corrected chi connectivity index (χ3v) is 4.33. The molecule has 0 aromatic carbocycles. The van der Waals surface area contributed by atoms with Crippen LogP contribution in [0.25, 0.3) is 11.2 Å². The summed E-state index contributed by atoms with van der Waals surface area (Å²) in [7, 11) is 0. The minimum absolute atomic E-state index is 0.0690. The van der Waals surface area contributed by atoms with Gasteiger partial charge in [0.1, 0.15) is 11.3 Å². The van der Waals surface area contributed by atoms with Crippen molar-refractivity contribution in [2.24, 2.45) is 0 Å². The van der Waals surface area contributed by atoms with E-state index >= 15 is 0 Å². The normalized spacial score (nSPS) is 16.1. The summed E-state index contributed by atoms with van der Waals surface area (Å²) < 4.78 is 0.730. The predicted octanol–water partition coefficient (Wildman–Crippen LogP) is 2.70. The molecule has 0 saturated heterocycles. The zero-order valence-corrected chi connectivity index (χ0v) is 12.2. The lowest BCUT2D eigenvalue weighted by Gasteiger charge is -2.12. The summed E-state index contributed by atoms with van der Waals surface area (Å²) in [5.41, 5.74) is 1.96. The van der Waals surface area contributed by atoms with E-state index in [-0.39, 0.29) is 5.91 Å². The molecule has 0 unspecified atom stereocenters. The van der Waals surface area contributed by atoms with Crippen molar-refractivity contribution in [3.63, 3.8) is 0 Å². The number of imidazole rings is 1. The van der Waals surface area contributed by atoms with Crippen LogP contribution in [0.3, 0.4) is 0 Å². The van der Waals surface area contributed by atoms with Crippen molar-refractivity contribution >= 4 is 33.0 Å². The lowest BCUT2D eigenvalue weighted by atomic mass is 10.2. The highest BCUT2D eigenvalue weighted by atomic mass is 79.9. The van der Waals surface area contributed by atoms with Crippen molar-refractivity contribution in [1.82, 2.24) is 20.3 Å². The van der Waals surface area contributed by atoms with Crippen LogP contribution in [0.4, 0.5) is 0 Å². The number of carbonyl (C=O) groups excluding carboxylic acids is 1. The Kier molecular flexibility index (Phi) is 3.26. The summed E-state index contributed by atoms with van der Waals surface area (Å²) in [6, 6.07) is 0.304. The molecule has 1 amide bonds. The summed E-state index contributed by atoms with van der Waals surface area (Å²) in [5.74, 6) is 0.719. The minimum atomic E-state index is -0.0690. The van der Waals surface area contributed by atoms with Gasteiger partial charge < -0.3 is 10.3 Å². The Morgan fingerprint density at radius 3 is 2.95 bits per heavy atom. The number of carbonyl (C=O) groups is 1. The van der Waals surface area contributed by atoms with Gasteiger partial charge in [0.25, 0.3) is 5.91 Å². The molecule has 2 aromatic heterocycles. The molecule has 0 radical (unpaired) electrons. The Hall–Kier alpha value is -1.43. The lowest BCUT2D eigenvalue weighted by Crippen LogP contribution is -2.32. The predicted molar refractivity (Wildman–Crippen MR) is 76.0 cm³/mol. The first-order valence-corrected chi connectivity index (χ1v) is 7.26. The molecular weight excluding hydrogens is 308 g/mol. The van der Waals surface area contributed by atoms with E-state index in [2.05, 4.69) is 36.2 Å². The van der Waals surface area contributed by atoms with Crippen molar-refractivity contribution in [2.75, 3.05) is 0 Å². The van der Waals surface area contributed by atoms with E-state index in [1.807, 2.05) is 6.92 Å². The number of fused-ring (bicyclic) bond motifs is 1. The summed E-state index contributed by atoms with van der Waals surface area (Å²) in [6.07, 6.45) is 6.12. The zero-order chi connectivity index (χ0) is 13.4. The van der Waals surface area contributed by atoms with E-state index in [1.165, 1.54) is 12.8 Å². The molecule has 5 nitrogen and oxygen atoms in total. The van der Waals surface area contributed by atoms with Gasteiger partial charge >= 0.3 is 0 Å². The summed E-state index contributed by atoms with van der Waals surface area (Å²) in [5, 5.41) is 3.06. The van der Waals surface area contributed by atoms with Crippen LogP contribution in [0, 0.1) is 6.92 Å². The monoisotopic (exact) mass is 322 g/mol.